The first-order valence-corrected chi connectivity index (χ1v) is 11.8. The molecular weight excluding hydrogens is 448 g/mol. The molecule has 0 atom stereocenters. The van der Waals surface area contributed by atoms with Crippen molar-refractivity contribution in [3.8, 4) is 28.1 Å². The molecule has 1 aliphatic heterocycles. The number of nitrogen functional groups attached to an aromatic ring is 1. The maximum absolute atomic E-state index is 10.2. The van der Waals surface area contributed by atoms with E-state index in [2.05, 4.69) is 44.3 Å². The Balaban J connectivity index is 0.00000274. The summed E-state index contributed by atoms with van der Waals surface area (Å²) < 4.78 is 0. The first-order valence-electron chi connectivity index (χ1n) is 11.8. The number of para-hydroxylation sites is 1. The van der Waals surface area contributed by atoms with Gasteiger partial charge in [-0.3, -0.25) is 4.90 Å². The Hall–Kier alpha value is -2.87. The second-order valence-electron chi connectivity index (χ2n) is 9.18. The van der Waals surface area contributed by atoms with Gasteiger partial charge in [-0.2, -0.15) is 0 Å². The van der Waals surface area contributed by atoms with Gasteiger partial charge in [0.25, 0.3) is 0 Å². The molecule has 7 nitrogen and oxygen atoms in total. The van der Waals surface area contributed by atoms with E-state index in [1.807, 2.05) is 18.2 Å². The third kappa shape index (κ3) is 5.12. The summed E-state index contributed by atoms with van der Waals surface area (Å²) in [5, 5.41) is 18.5. The number of rotatable bonds is 4. The maximum atomic E-state index is 10.2. The number of hydrogen-bond acceptors (Lipinski definition) is 7. The number of nitrogens with two attached hydrogens (primary N) is 2. The first kappa shape index (κ1) is 24.3. The van der Waals surface area contributed by atoms with Crippen LogP contribution >= 0.6 is 12.4 Å². The zero-order valence-corrected chi connectivity index (χ0v) is 20.1. The van der Waals surface area contributed by atoms with E-state index in [0.29, 0.717) is 29.2 Å². The highest BCUT2D eigenvalue weighted by molar-refractivity contribution is 5.85. The second-order valence-corrected chi connectivity index (χ2v) is 9.18. The highest BCUT2D eigenvalue weighted by Gasteiger charge is 2.27. The van der Waals surface area contributed by atoms with Crippen molar-refractivity contribution in [1.82, 2.24) is 15.1 Å². The normalized spacial score (nSPS) is 21.1. The average molecular weight is 481 g/mol. The molecule has 3 aromatic rings. The van der Waals surface area contributed by atoms with Crippen LogP contribution in [0.2, 0.25) is 0 Å². The molecule has 0 spiro atoms. The van der Waals surface area contributed by atoms with Crippen LogP contribution in [-0.2, 0) is 0 Å². The minimum atomic E-state index is 0. The lowest BCUT2D eigenvalue weighted by atomic mass is 9.90. The molecule has 2 fully saturated rings. The van der Waals surface area contributed by atoms with Crippen LogP contribution in [0.25, 0.3) is 22.4 Å². The lowest BCUT2D eigenvalue weighted by Gasteiger charge is -2.42. The van der Waals surface area contributed by atoms with Crippen molar-refractivity contribution in [2.75, 3.05) is 36.8 Å². The van der Waals surface area contributed by atoms with Gasteiger partial charge in [-0.15, -0.1) is 22.6 Å². The van der Waals surface area contributed by atoms with E-state index >= 15 is 0 Å². The van der Waals surface area contributed by atoms with Crippen molar-refractivity contribution in [3.63, 3.8) is 0 Å². The standard InChI is InChI=1S/C26H32N6O.ClH/c27-19-7-11-21(12-8-19)32-15-13-31(14-16-32)20-9-5-18(6-10-20)23-17-24(29-30-26(23)28)22-3-1-2-4-25(22)33;/h1-6,9-10,17,19,21,33H,7-8,11-16,27H2,(H2,28,30);1H. The van der Waals surface area contributed by atoms with Crippen molar-refractivity contribution in [1.29, 1.82) is 0 Å². The molecule has 2 aromatic carbocycles. The van der Waals surface area contributed by atoms with Crippen LogP contribution < -0.4 is 16.4 Å². The van der Waals surface area contributed by atoms with E-state index in [-0.39, 0.29) is 18.2 Å². The zero-order valence-electron chi connectivity index (χ0n) is 19.3. The molecule has 1 aromatic heterocycles. The number of aromatic nitrogens is 2. The topological polar surface area (TPSA) is 105 Å². The smallest absolute Gasteiger partial charge is 0.154 e. The Bertz CT molecular complexity index is 1090. The van der Waals surface area contributed by atoms with Crippen molar-refractivity contribution >= 4 is 23.9 Å². The van der Waals surface area contributed by atoms with E-state index in [1.165, 1.54) is 18.5 Å². The molecular formula is C26H33ClN6O. The highest BCUT2D eigenvalue weighted by Crippen LogP contribution is 2.33. The molecule has 0 bridgehead atoms. The van der Waals surface area contributed by atoms with Crippen molar-refractivity contribution in [2.24, 2.45) is 5.73 Å². The minimum absolute atomic E-state index is 0. The van der Waals surface area contributed by atoms with Crippen LogP contribution in [0.1, 0.15) is 25.7 Å². The Morgan fingerprint density at radius 2 is 1.50 bits per heavy atom. The summed E-state index contributed by atoms with van der Waals surface area (Å²) in [5.41, 5.74) is 16.5. The van der Waals surface area contributed by atoms with E-state index in [9.17, 15) is 5.11 Å². The summed E-state index contributed by atoms with van der Waals surface area (Å²) in [5.74, 6) is 0.552. The number of piperazine rings is 1. The quantitative estimate of drug-likeness (QED) is 0.520. The molecule has 34 heavy (non-hydrogen) atoms. The summed E-state index contributed by atoms with van der Waals surface area (Å²) in [6.45, 7) is 4.29. The van der Waals surface area contributed by atoms with Crippen LogP contribution in [0.5, 0.6) is 5.75 Å². The molecule has 5 N–H and O–H groups in total. The lowest BCUT2D eigenvalue weighted by Crippen LogP contribution is -2.51. The number of anilines is 2. The predicted octanol–water partition coefficient (Wildman–Crippen LogP) is 3.91. The monoisotopic (exact) mass is 480 g/mol. The number of phenols is 1. The average Bonchev–Trinajstić information content (AvgIpc) is 2.86. The Labute approximate surface area is 207 Å². The molecule has 1 saturated carbocycles. The molecule has 1 aliphatic carbocycles. The SMILES string of the molecule is Cl.Nc1nnc(-c2ccccc2O)cc1-c1ccc(N2CCN(C3CCC(N)CC3)CC2)cc1. The van der Waals surface area contributed by atoms with Gasteiger partial charge in [0.15, 0.2) is 5.82 Å². The third-order valence-electron chi connectivity index (χ3n) is 7.12. The van der Waals surface area contributed by atoms with E-state index in [0.717, 1.165) is 50.1 Å². The number of halogens is 1. The van der Waals surface area contributed by atoms with Gasteiger partial charge in [-0.25, -0.2) is 0 Å². The van der Waals surface area contributed by atoms with Gasteiger partial charge < -0.3 is 21.5 Å². The second kappa shape index (κ2) is 10.6. The Morgan fingerprint density at radius 3 is 2.18 bits per heavy atom. The van der Waals surface area contributed by atoms with Gasteiger partial charge in [0.05, 0.1) is 5.69 Å². The highest BCUT2D eigenvalue weighted by atomic mass is 35.5. The van der Waals surface area contributed by atoms with E-state index < -0.39 is 0 Å². The molecule has 0 unspecified atom stereocenters. The summed E-state index contributed by atoms with van der Waals surface area (Å²) in [7, 11) is 0. The Morgan fingerprint density at radius 1 is 0.824 bits per heavy atom. The first-order chi connectivity index (χ1) is 16.1. The minimum Gasteiger partial charge on any atom is -0.507 e. The van der Waals surface area contributed by atoms with E-state index in [1.54, 1.807) is 12.1 Å². The van der Waals surface area contributed by atoms with Gasteiger partial charge >= 0.3 is 0 Å². The van der Waals surface area contributed by atoms with Gasteiger partial charge in [-0.1, -0.05) is 24.3 Å². The van der Waals surface area contributed by atoms with Crippen LogP contribution in [-0.4, -0.2) is 58.5 Å². The van der Waals surface area contributed by atoms with Gasteiger partial charge in [-0.05, 0) is 61.6 Å². The van der Waals surface area contributed by atoms with Gasteiger partial charge in [0.2, 0.25) is 0 Å². The van der Waals surface area contributed by atoms with Crippen molar-refractivity contribution < 1.29 is 5.11 Å². The fraction of sp³-hybridized carbons (Fsp3) is 0.385. The number of aromatic hydroxyl groups is 1. The molecule has 2 heterocycles. The fourth-order valence-electron chi connectivity index (χ4n) is 5.12. The van der Waals surface area contributed by atoms with Crippen LogP contribution in [0.15, 0.2) is 54.6 Å². The summed E-state index contributed by atoms with van der Waals surface area (Å²) >= 11 is 0. The van der Waals surface area contributed by atoms with Crippen molar-refractivity contribution in [2.45, 2.75) is 37.8 Å². The molecule has 1 saturated heterocycles. The molecule has 0 radical (unpaired) electrons. The number of phenolic OH excluding ortho intramolecular Hbond substituents is 1. The van der Waals surface area contributed by atoms with Crippen LogP contribution in [0, 0.1) is 0 Å². The molecule has 5 rings (SSSR count). The number of benzene rings is 2. The molecule has 0 amide bonds. The van der Waals surface area contributed by atoms with Crippen molar-refractivity contribution in [3.05, 3.63) is 54.6 Å². The summed E-state index contributed by atoms with van der Waals surface area (Å²) in [6, 6.07) is 18.6. The Kier molecular flexibility index (Phi) is 7.56. The molecule has 180 valence electrons. The van der Waals surface area contributed by atoms with E-state index in [4.69, 9.17) is 11.5 Å². The lowest BCUT2D eigenvalue weighted by molar-refractivity contribution is 0.142. The molecule has 2 aliphatic rings. The largest absolute Gasteiger partial charge is 0.507 e. The number of nitrogens with zero attached hydrogens (tertiary/aromatic N) is 4. The predicted molar refractivity (Wildman–Crippen MR) is 140 cm³/mol. The third-order valence-corrected chi connectivity index (χ3v) is 7.12. The molecule has 8 heteroatoms. The fourth-order valence-corrected chi connectivity index (χ4v) is 5.12. The summed E-state index contributed by atoms with van der Waals surface area (Å²) in [6.07, 6.45) is 4.79. The summed E-state index contributed by atoms with van der Waals surface area (Å²) in [4.78, 5) is 5.11. The zero-order chi connectivity index (χ0) is 22.8. The van der Waals surface area contributed by atoms with Crippen LogP contribution in [0.4, 0.5) is 11.5 Å². The van der Waals surface area contributed by atoms with Gasteiger partial charge in [0.1, 0.15) is 5.75 Å². The number of hydrogen-bond donors (Lipinski definition) is 3. The maximum Gasteiger partial charge on any atom is 0.154 e. The van der Waals surface area contributed by atoms with Gasteiger partial charge in [0, 0.05) is 55.1 Å². The van der Waals surface area contributed by atoms with Crippen LogP contribution in [0.3, 0.4) is 0 Å².